The van der Waals surface area contributed by atoms with Gasteiger partial charge in [-0.2, -0.15) is 0 Å². The van der Waals surface area contributed by atoms with E-state index >= 15 is 0 Å². The van der Waals surface area contributed by atoms with E-state index in [-0.39, 0.29) is 18.2 Å². The Kier molecular flexibility index (Phi) is 6.02. The van der Waals surface area contributed by atoms with Crippen LogP contribution in [-0.2, 0) is 13.0 Å². The van der Waals surface area contributed by atoms with E-state index in [9.17, 15) is 9.18 Å². The summed E-state index contributed by atoms with van der Waals surface area (Å²) in [6.07, 6.45) is 5.24. The topological polar surface area (TPSA) is 39.4 Å². The Hall–Kier alpha value is -2.66. The molecular formula is C21H19FO3S. The van der Waals surface area contributed by atoms with Gasteiger partial charge in [-0.3, -0.25) is 4.79 Å². The number of furan rings is 1. The molecule has 0 spiro atoms. The van der Waals surface area contributed by atoms with E-state index in [1.807, 2.05) is 12.1 Å². The Morgan fingerprint density at radius 3 is 2.73 bits per heavy atom. The standard InChI is InChI=1S/C21H19FO3S/c1-2-3-19-11-13-21(26-19)20(23)12-10-17-8-9-18(25-17)14-24-16-6-4-15(22)5-7-16/h4-13H,2-3,14H2,1H3/b12-10+. The molecule has 0 aliphatic heterocycles. The van der Waals surface area contributed by atoms with Gasteiger partial charge >= 0.3 is 0 Å². The molecule has 0 aliphatic rings. The number of thiophene rings is 1. The molecule has 0 atom stereocenters. The molecule has 3 rings (SSSR count). The van der Waals surface area contributed by atoms with E-state index in [0.717, 1.165) is 17.7 Å². The first-order valence-corrected chi connectivity index (χ1v) is 9.24. The summed E-state index contributed by atoms with van der Waals surface area (Å²) < 4.78 is 24.0. The Morgan fingerprint density at radius 2 is 1.96 bits per heavy atom. The van der Waals surface area contributed by atoms with Crippen LogP contribution < -0.4 is 4.74 Å². The number of carbonyl (C=O) groups is 1. The molecule has 26 heavy (non-hydrogen) atoms. The number of aryl methyl sites for hydroxylation is 1. The number of hydrogen-bond acceptors (Lipinski definition) is 4. The lowest BCUT2D eigenvalue weighted by atomic mass is 10.2. The van der Waals surface area contributed by atoms with Gasteiger partial charge in [0.25, 0.3) is 0 Å². The van der Waals surface area contributed by atoms with Crippen LogP contribution >= 0.6 is 11.3 Å². The summed E-state index contributed by atoms with van der Waals surface area (Å²) in [6.45, 7) is 2.36. The Bertz CT molecular complexity index is 890. The number of benzene rings is 1. The van der Waals surface area contributed by atoms with Crippen LogP contribution in [0.5, 0.6) is 5.75 Å². The predicted molar refractivity (Wildman–Crippen MR) is 101 cm³/mol. The van der Waals surface area contributed by atoms with Crippen molar-refractivity contribution < 1.29 is 18.3 Å². The van der Waals surface area contributed by atoms with Gasteiger partial charge in [-0.05, 0) is 67.1 Å². The minimum atomic E-state index is -0.306. The number of ketones is 1. The van der Waals surface area contributed by atoms with Crippen molar-refractivity contribution >= 4 is 23.2 Å². The zero-order valence-corrected chi connectivity index (χ0v) is 15.2. The maximum absolute atomic E-state index is 12.9. The fraction of sp³-hybridized carbons (Fsp3) is 0.190. The molecule has 2 aromatic heterocycles. The van der Waals surface area contributed by atoms with Crippen LogP contribution in [0.3, 0.4) is 0 Å². The number of ether oxygens (including phenoxy) is 1. The van der Waals surface area contributed by atoms with E-state index < -0.39 is 0 Å². The maximum Gasteiger partial charge on any atom is 0.195 e. The molecule has 3 nitrogen and oxygen atoms in total. The van der Waals surface area contributed by atoms with Crippen LogP contribution in [0, 0.1) is 5.82 Å². The Morgan fingerprint density at radius 1 is 1.15 bits per heavy atom. The van der Waals surface area contributed by atoms with Gasteiger partial charge in [-0.1, -0.05) is 13.3 Å². The lowest BCUT2D eigenvalue weighted by Gasteiger charge is -2.03. The van der Waals surface area contributed by atoms with E-state index in [1.165, 1.54) is 34.4 Å². The molecule has 3 aromatic rings. The van der Waals surface area contributed by atoms with Gasteiger partial charge in [0, 0.05) is 4.88 Å². The zero-order valence-electron chi connectivity index (χ0n) is 14.4. The van der Waals surface area contributed by atoms with Crippen molar-refractivity contribution in [2.75, 3.05) is 0 Å². The van der Waals surface area contributed by atoms with Crippen molar-refractivity contribution in [1.82, 2.24) is 0 Å². The first-order valence-electron chi connectivity index (χ1n) is 8.42. The third-order valence-electron chi connectivity index (χ3n) is 3.68. The molecule has 5 heteroatoms. The van der Waals surface area contributed by atoms with Crippen molar-refractivity contribution in [1.29, 1.82) is 0 Å². The number of allylic oxidation sites excluding steroid dienone is 1. The Labute approximate surface area is 155 Å². The second-order valence-corrected chi connectivity index (χ2v) is 6.93. The van der Waals surface area contributed by atoms with Gasteiger partial charge in [-0.25, -0.2) is 4.39 Å². The third-order valence-corrected chi connectivity index (χ3v) is 4.84. The normalized spacial score (nSPS) is 11.2. The minimum Gasteiger partial charge on any atom is -0.486 e. The van der Waals surface area contributed by atoms with Gasteiger partial charge in [0.05, 0.1) is 4.88 Å². The molecule has 0 aliphatic carbocycles. The number of carbonyl (C=O) groups excluding carboxylic acids is 1. The van der Waals surface area contributed by atoms with Crippen molar-refractivity contribution in [2.24, 2.45) is 0 Å². The SMILES string of the molecule is CCCc1ccc(C(=O)/C=C/c2ccc(COc3ccc(F)cc3)o2)s1. The fourth-order valence-electron chi connectivity index (χ4n) is 2.38. The van der Waals surface area contributed by atoms with Crippen LogP contribution in [0.2, 0.25) is 0 Å². The van der Waals surface area contributed by atoms with Crippen LogP contribution in [0.25, 0.3) is 6.08 Å². The number of halogens is 1. The van der Waals surface area contributed by atoms with Gasteiger partial charge < -0.3 is 9.15 Å². The van der Waals surface area contributed by atoms with Gasteiger partial charge in [0.15, 0.2) is 5.78 Å². The highest BCUT2D eigenvalue weighted by atomic mass is 32.1. The molecule has 134 valence electrons. The fourth-order valence-corrected chi connectivity index (χ4v) is 3.41. The molecule has 0 saturated carbocycles. The van der Waals surface area contributed by atoms with E-state index in [1.54, 1.807) is 30.3 Å². The van der Waals surface area contributed by atoms with Crippen LogP contribution in [-0.4, -0.2) is 5.78 Å². The molecule has 0 bridgehead atoms. The quantitative estimate of drug-likeness (QED) is 0.366. The zero-order chi connectivity index (χ0) is 18.4. The molecule has 0 saturated heterocycles. The monoisotopic (exact) mass is 370 g/mol. The van der Waals surface area contributed by atoms with Crippen LogP contribution in [0.4, 0.5) is 4.39 Å². The molecule has 0 N–H and O–H groups in total. The summed E-state index contributed by atoms with van der Waals surface area (Å²) in [4.78, 5) is 14.2. The molecule has 2 heterocycles. The smallest absolute Gasteiger partial charge is 0.195 e. The van der Waals surface area contributed by atoms with E-state index in [4.69, 9.17) is 9.15 Å². The summed E-state index contributed by atoms with van der Waals surface area (Å²) in [5.74, 6) is 1.44. The summed E-state index contributed by atoms with van der Waals surface area (Å²) in [6, 6.07) is 13.3. The minimum absolute atomic E-state index is 0.0298. The second kappa shape index (κ2) is 8.63. The molecule has 1 aromatic carbocycles. The lowest BCUT2D eigenvalue weighted by molar-refractivity contribution is 0.105. The number of rotatable bonds is 8. The van der Waals surface area contributed by atoms with Crippen molar-refractivity contribution in [3.8, 4) is 5.75 Å². The van der Waals surface area contributed by atoms with Gasteiger partial charge in [0.2, 0.25) is 0 Å². The number of hydrogen-bond donors (Lipinski definition) is 0. The highest BCUT2D eigenvalue weighted by Gasteiger charge is 2.07. The van der Waals surface area contributed by atoms with Gasteiger partial charge in [-0.15, -0.1) is 11.3 Å². The Balaban J connectivity index is 1.56. The predicted octanol–water partition coefficient (Wildman–Crippen LogP) is 5.91. The van der Waals surface area contributed by atoms with Crippen LogP contribution in [0.1, 0.15) is 39.4 Å². The van der Waals surface area contributed by atoms with Crippen molar-refractivity contribution in [2.45, 2.75) is 26.4 Å². The largest absolute Gasteiger partial charge is 0.486 e. The van der Waals surface area contributed by atoms with Crippen molar-refractivity contribution in [3.05, 3.63) is 81.7 Å². The van der Waals surface area contributed by atoms with Crippen LogP contribution in [0.15, 0.2) is 59.0 Å². The van der Waals surface area contributed by atoms with Crippen molar-refractivity contribution in [3.63, 3.8) is 0 Å². The summed E-state index contributed by atoms with van der Waals surface area (Å²) in [7, 11) is 0. The average molecular weight is 370 g/mol. The van der Waals surface area contributed by atoms with E-state index in [2.05, 4.69) is 6.92 Å². The molecular weight excluding hydrogens is 351 g/mol. The molecule has 0 fully saturated rings. The molecule has 0 radical (unpaired) electrons. The summed E-state index contributed by atoms with van der Waals surface area (Å²) >= 11 is 1.53. The lowest BCUT2D eigenvalue weighted by Crippen LogP contribution is -1.93. The highest BCUT2D eigenvalue weighted by Crippen LogP contribution is 2.20. The van der Waals surface area contributed by atoms with Gasteiger partial charge in [0.1, 0.15) is 29.7 Å². The first kappa shape index (κ1) is 18.1. The molecule has 0 amide bonds. The average Bonchev–Trinajstić information content (AvgIpc) is 3.29. The summed E-state index contributed by atoms with van der Waals surface area (Å²) in [5.41, 5.74) is 0. The molecule has 0 unspecified atom stereocenters. The third kappa shape index (κ3) is 4.92. The summed E-state index contributed by atoms with van der Waals surface area (Å²) in [5, 5.41) is 0. The second-order valence-electron chi connectivity index (χ2n) is 5.76. The first-order chi connectivity index (χ1) is 12.6. The maximum atomic E-state index is 12.9. The van der Waals surface area contributed by atoms with E-state index in [0.29, 0.717) is 17.3 Å². The highest BCUT2D eigenvalue weighted by molar-refractivity contribution is 7.14.